The van der Waals surface area contributed by atoms with E-state index in [0.717, 1.165) is 0 Å². The number of nitrogens with two attached hydrogens (primary N) is 2. The fourth-order valence-electron chi connectivity index (χ4n) is 1.71. The minimum Gasteiger partial charge on any atom is -0.369 e. The van der Waals surface area contributed by atoms with Crippen molar-refractivity contribution in [2.45, 2.75) is 39.4 Å². The quantitative estimate of drug-likeness (QED) is 0.604. The molecule has 0 aromatic rings. The summed E-state index contributed by atoms with van der Waals surface area (Å²) in [4.78, 5) is 10.1. The van der Waals surface area contributed by atoms with E-state index in [1.807, 2.05) is 32.6 Å². The molecule has 0 aromatic heterocycles. The van der Waals surface area contributed by atoms with Gasteiger partial charge in [-0.15, -0.1) is 0 Å². The summed E-state index contributed by atoms with van der Waals surface area (Å²) in [6, 6.07) is 0.260. The molecule has 1 aliphatic heterocycles. The lowest BCUT2D eigenvalue weighted by Crippen LogP contribution is -2.56. The predicted molar refractivity (Wildman–Crippen MR) is 54.3 cm³/mol. The van der Waals surface area contributed by atoms with Gasteiger partial charge in [0, 0.05) is 6.04 Å². The highest BCUT2D eigenvalue weighted by Crippen LogP contribution is 2.21. The van der Waals surface area contributed by atoms with Crippen LogP contribution in [0.15, 0.2) is 9.98 Å². The Morgan fingerprint density at radius 1 is 1.31 bits per heavy atom. The molecule has 0 aromatic carbocycles. The Kier molecular flexibility index (Phi) is 2.19. The first-order valence-electron chi connectivity index (χ1n) is 4.33. The number of hydrogen-bond donors (Lipinski definition) is 2. The van der Waals surface area contributed by atoms with Crippen LogP contribution in [0.2, 0.25) is 0 Å². The summed E-state index contributed by atoms with van der Waals surface area (Å²) in [5.74, 6) is 0.687. The van der Waals surface area contributed by atoms with Crippen molar-refractivity contribution in [2.24, 2.45) is 21.5 Å². The van der Waals surface area contributed by atoms with Gasteiger partial charge in [-0.3, -0.25) is 0 Å². The normalized spacial score (nSPS) is 21.5. The molecule has 4 N–H and O–H groups in total. The van der Waals surface area contributed by atoms with Crippen LogP contribution in [0.5, 0.6) is 0 Å². The summed E-state index contributed by atoms with van der Waals surface area (Å²) in [5.41, 5.74) is 10.9. The molecule has 1 aliphatic rings. The molecule has 0 aliphatic carbocycles. The Labute approximate surface area is 78.5 Å². The van der Waals surface area contributed by atoms with Crippen molar-refractivity contribution >= 4 is 11.9 Å². The summed E-state index contributed by atoms with van der Waals surface area (Å²) in [6.07, 6.45) is 0. The van der Waals surface area contributed by atoms with Crippen molar-refractivity contribution in [3.05, 3.63) is 0 Å². The number of rotatable bonds is 1. The van der Waals surface area contributed by atoms with E-state index in [2.05, 4.69) is 9.98 Å². The third kappa shape index (κ3) is 1.74. The van der Waals surface area contributed by atoms with Gasteiger partial charge in [0.15, 0.2) is 0 Å². The first-order chi connectivity index (χ1) is 5.84. The lowest BCUT2D eigenvalue weighted by molar-refractivity contribution is 0.179. The SMILES string of the molecule is CC(C)N1C(N)=NC(N)=NC1(C)C. The van der Waals surface area contributed by atoms with E-state index in [0.29, 0.717) is 5.96 Å². The van der Waals surface area contributed by atoms with E-state index in [9.17, 15) is 0 Å². The van der Waals surface area contributed by atoms with Crippen molar-refractivity contribution in [1.82, 2.24) is 4.90 Å². The highest BCUT2D eigenvalue weighted by Gasteiger charge is 2.33. The molecular formula is C8H17N5. The Balaban J connectivity index is 3.05. The van der Waals surface area contributed by atoms with Gasteiger partial charge >= 0.3 is 0 Å². The van der Waals surface area contributed by atoms with Crippen molar-refractivity contribution in [2.75, 3.05) is 0 Å². The first kappa shape index (κ1) is 9.83. The number of hydrogen-bond acceptors (Lipinski definition) is 5. The molecule has 0 saturated heterocycles. The maximum absolute atomic E-state index is 5.76. The molecule has 0 saturated carbocycles. The maximum Gasteiger partial charge on any atom is 0.220 e. The topological polar surface area (TPSA) is 80.0 Å². The molecule has 0 bridgehead atoms. The molecule has 0 atom stereocenters. The van der Waals surface area contributed by atoms with Crippen LogP contribution < -0.4 is 11.5 Å². The standard InChI is InChI=1S/C8H17N5/c1-5(2)13-7(10)11-6(9)12-8(13,3)4/h5H,1-4H3,(H4,9,10,11,12). The van der Waals surface area contributed by atoms with Crippen LogP contribution in [0.1, 0.15) is 27.7 Å². The third-order valence-corrected chi connectivity index (χ3v) is 1.97. The second-order valence-electron chi connectivity index (χ2n) is 3.90. The zero-order valence-corrected chi connectivity index (χ0v) is 8.57. The minimum atomic E-state index is -0.399. The summed E-state index contributed by atoms with van der Waals surface area (Å²) in [6.45, 7) is 8.01. The lowest BCUT2D eigenvalue weighted by atomic mass is 10.1. The Bertz CT molecular complexity index is 264. The van der Waals surface area contributed by atoms with Gasteiger partial charge in [-0.1, -0.05) is 0 Å². The summed E-state index contributed by atoms with van der Waals surface area (Å²) in [7, 11) is 0. The lowest BCUT2D eigenvalue weighted by Gasteiger charge is -2.41. The average molecular weight is 183 g/mol. The zero-order chi connectivity index (χ0) is 10.2. The van der Waals surface area contributed by atoms with Crippen molar-refractivity contribution < 1.29 is 0 Å². The van der Waals surface area contributed by atoms with E-state index >= 15 is 0 Å². The molecule has 5 heteroatoms. The Morgan fingerprint density at radius 3 is 2.23 bits per heavy atom. The zero-order valence-electron chi connectivity index (χ0n) is 8.57. The van der Waals surface area contributed by atoms with E-state index in [1.165, 1.54) is 0 Å². The van der Waals surface area contributed by atoms with Crippen LogP contribution in [0.25, 0.3) is 0 Å². The number of nitrogens with zero attached hydrogens (tertiary/aromatic N) is 3. The second kappa shape index (κ2) is 2.90. The van der Waals surface area contributed by atoms with E-state index in [1.54, 1.807) is 0 Å². The minimum absolute atomic E-state index is 0.249. The molecule has 0 amide bonds. The van der Waals surface area contributed by atoms with Gasteiger partial charge in [0.05, 0.1) is 0 Å². The van der Waals surface area contributed by atoms with Crippen LogP contribution in [0, 0.1) is 0 Å². The van der Waals surface area contributed by atoms with Crippen LogP contribution in [0.3, 0.4) is 0 Å². The fourth-order valence-corrected chi connectivity index (χ4v) is 1.71. The average Bonchev–Trinajstić information content (AvgIpc) is 1.78. The first-order valence-corrected chi connectivity index (χ1v) is 4.33. The fraction of sp³-hybridized carbons (Fsp3) is 0.750. The van der Waals surface area contributed by atoms with Crippen LogP contribution in [0.4, 0.5) is 0 Å². The Morgan fingerprint density at radius 2 is 1.85 bits per heavy atom. The molecule has 1 rings (SSSR count). The van der Waals surface area contributed by atoms with Crippen molar-refractivity contribution in [3.8, 4) is 0 Å². The van der Waals surface area contributed by atoms with Gasteiger partial charge in [-0.2, -0.15) is 4.99 Å². The molecule has 74 valence electrons. The second-order valence-corrected chi connectivity index (χ2v) is 3.90. The van der Waals surface area contributed by atoms with E-state index < -0.39 is 5.66 Å². The molecule has 0 fully saturated rings. The number of aliphatic imine (C=N–C) groups is 2. The largest absolute Gasteiger partial charge is 0.369 e. The van der Waals surface area contributed by atoms with Gasteiger partial charge in [-0.05, 0) is 27.7 Å². The molecule has 0 unspecified atom stereocenters. The third-order valence-electron chi connectivity index (χ3n) is 1.97. The molecular weight excluding hydrogens is 166 g/mol. The smallest absolute Gasteiger partial charge is 0.220 e. The van der Waals surface area contributed by atoms with Gasteiger partial charge in [0.2, 0.25) is 11.9 Å². The van der Waals surface area contributed by atoms with Crippen molar-refractivity contribution in [3.63, 3.8) is 0 Å². The monoisotopic (exact) mass is 183 g/mol. The Hall–Kier alpha value is -1.26. The molecule has 13 heavy (non-hydrogen) atoms. The molecule has 5 nitrogen and oxygen atoms in total. The van der Waals surface area contributed by atoms with E-state index in [-0.39, 0.29) is 12.0 Å². The maximum atomic E-state index is 5.76. The van der Waals surface area contributed by atoms with Crippen LogP contribution in [-0.4, -0.2) is 28.5 Å². The number of guanidine groups is 2. The molecule has 0 radical (unpaired) electrons. The highest BCUT2D eigenvalue weighted by molar-refractivity contribution is 5.95. The van der Waals surface area contributed by atoms with Crippen LogP contribution in [-0.2, 0) is 0 Å². The summed E-state index contributed by atoms with van der Waals surface area (Å²) in [5, 5.41) is 0. The molecule has 0 spiro atoms. The highest BCUT2D eigenvalue weighted by atomic mass is 15.4. The predicted octanol–water partition coefficient (Wildman–Crippen LogP) is 0.0759. The summed E-state index contributed by atoms with van der Waals surface area (Å²) < 4.78 is 0. The van der Waals surface area contributed by atoms with E-state index in [4.69, 9.17) is 11.5 Å². The summed E-state index contributed by atoms with van der Waals surface area (Å²) >= 11 is 0. The van der Waals surface area contributed by atoms with Crippen molar-refractivity contribution in [1.29, 1.82) is 0 Å². The van der Waals surface area contributed by atoms with Gasteiger partial charge in [-0.25, -0.2) is 4.99 Å². The van der Waals surface area contributed by atoms with Gasteiger partial charge in [0.25, 0.3) is 0 Å². The van der Waals surface area contributed by atoms with Gasteiger partial charge < -0.3 is 16.4 Å². The van der Waals surface area contributed by atoms with Crippen LogP contribution >= 0.6 is 0 Å². The van der Waals surface area contributed by atoms with Gasteiger partial charge in [0.1, 0.15) is 5.66 Å². The molecule has 1 heterocycles.